The lowest BCUT2D eigenvalue weighted by atomic mass is 9.78. The Labute approximate surface area is 112 Å². The van der Waals surface area contributed by atoms with Crippen molar-refractivity contribution in [2.75, 3.05) is 40.0 Å². The van der Waals surface area contributed by atoms with E-state index in [0.717, 1.165) is 39.1 Å². The van der Waals surface area contributed by atoms with Crippen LogP contribution in [0.25, 0.3) is 0 Å². The third kappa shape index (κ3) is 4.19. The molecule has 0 aromatic carbocycles. The molecule has 1 aliphatic carbocycles. The molecule has 2 atom stereocenters. The Balaban J connectivity index is 2.59. The number of nitrogens with zero attached hydrogens (tertiary/aromatic N) is 1. The summed E-state index contributed by atoms with van der Waals surface area (Å²) in [6, 6.07) is 0.574. The van der Waals surface area contributed by atoms with Gasteiger partial charge in [0.1, 0.15) is 0 Å². The quantitative estimate of drug-likeness (QED) is 0.687. The molecule has 0 spiro atoms. The van der Waals surface area contributed by atoms with Crippen LogP contribution in [0.2, 0.25) is 0 Å². The van der Waals surface area contributed by atoms with E-state index in [2.05, 4.69) is 24.1 Å². The van der Waals surface area contributed by atoms with Gasteiger partial charge in [0.25, 0.3) is 0 Å². The molecule has 18 heavy (non-hydrogen) atoms. The number of nitrogens with one attached hydrogen (secondary N) is 1. The van der Waals surface area contributed by atoms with Gasteiger partial charge in [0.15, 0.2) is 0 Å². The molecule has 0 heterocycles. The van der Waals surface area contributed by atoms with Gasteiger partial charge in [-0.2, -0.15) is 0 Å². The molecule has 2 unspecified atom stereocenters. The molecule has 0 amide bonds. The van der Waals surface area contributed by atoms with Crippen molar-refractivity contribution < 1.29 is 9.84 Å². The molecule has 2 N–H and O–H groups in total. The third-order valence-corrected chi connectivity index (χ3v) is 4.18. The van der Waals surface area contributed by atoms with E-state index in [1.165, 1.54) is 12.8 Å². The summed E-state index contributed by atoms with van der Waals surface area (Å²) in [6.45, 7) is 8.34. The highest BCUT2D eigenvalue weighted by Gasteiger charge is 2.36. The summed E-state index contributed by atoms with van der Waals surface area (Å²) in [5.74, 6) is 0. The van der Waals surface area contributed by atoms with Crippen molar-refractivity contribution in [2.24, 2.45) is 0 Å². The zero-order chi connectivity index (χ0) is 13.4. The van der Waals surface area contributed by atoms with Gasteiger partial charge in [-0.05, 0) is 38.8 Å². The monoisotopic (exact) mass is 258 g/mol. The van der Waals surface area contributed by atoms with Crippen LogP contribution >= 0.6 is 0 Å². The summed E-state index contributed by atoms with van der Waals surface area (Å²) in [6.07, 6.45) is 4.58. The zero-order valence-corrected chi connectivity index (χ0v) is 12.2. The molecule has 1 saturated carbocycles. The molecule has 0 radical (unpaired) electrons. The van der Waals surface area contributed by atoms with Crippen molar-refractivity contribution in [3.05, 3.63) is 0 Å². The first-order valence-corrected chi connectivity index (χ1v) is 7.30. The van der Waals surface area contributed by atoms with Crippen molar-refractivity contribution in [1.82, 2.24) is 10.2 Å². The molecule has 1 aliphatic rings. The average Bonchev–Trinajstić information content (AvgIpc) is 2.40. The fourth-order valence-electron chi connectivity index (χ4n) is 3.19. The molecule has 0 aromatic heterocycles. The summed E-state index contributed by atoms with van der Waals surface area (Å²) in [7, 11) is 1.76. The van der Waals surface area contributed by atoms with Gasteiger partial charge < -0.3 is 15.2 Å². The Bertz CT molecular complexity index is 222. The molecule has 0 saturated heterocycles. The van der Waals surface area contributed by atoms with Crippen LogP contribution in [0.1, 0.15) is 39.5 Å². The lowest BCUT2D eigenvalue weighted by molar-refractivity contribution is 0.0492. The minimum absolute atomic E-state index is 0.0574. The zero-order valence-electron chi connectivity index (χ0n) is 12.2. The summed E-state index contributed by atoms with van der Waals surface area (Å²) >= 11 is 0. The Kier molecular flexibility index (Phi) is 7.15. The maximum atomic E-state index is 9.72. The van der Waals surface area contributed by atoms with Gasteiger partial charge in [0.2, 0.25) is 0 Å². The second kappa shape index (κ2) is 8.10. The van der Waals surface area contributed by atoms with Crippen LogP contribution in [0.4, 0.5) is 0 Å². The topological polar surface area (TPSA) is 44.7 Å². The van der Waals surface area contributed by atoms with Crippen LogP contribution in [-0.4, -0.2) is 61.5 Å². The molecule has 4 nitrogen and oxygen atoms in total. The Morgan fingerprint density at radius 3 is 2.78 bits per heavy atom. The smallest absolute Gasteiger partial charge is 0.0613 e. The van der Waals surface area contributed by atoms with E-state index in [4.69, 9.17) is 4.74 Å². The van der Waals surface area contributed by atoms with Crippen LogP contribution in [0, 0.1) is 0 Å². The number of hydrogen-bond acceptors (Lipinski definition) is 4. The first-order chi connectivity index (χ1) is 8.71. The highest BCUT2D eigenvalue weighted by molar-refractivity contribution is 4.96. The molecule has 1 fully saturated rings. The van der Waals surface area contributed by atoms with Crippen LogP contribution in [0.15, 0.2) is 0 Å². The Hall–Kier alpha value is -0.160. The van der Waals surface area contributed by atoms with Gasteiger partial charge in [0, 0.05) is 25.2 Å². The molecule has 0 bridgehead atoms. The van der Waals surface area contributed by atoms with Gasteiger partial charge in [-0.1, -0.05) is 13.8 Å². The standard InChI is InChI=1S/C14H30N2O2/c1-4-15-14(12-17)8-6-7-13(11-14)16(5-2)9-10-18-3/h13,15,17H,4-12H2,1-3H3. The minimum Gasteiger partial charge on any atom is -0.394 e. The van der Waals surface area contributed by atoms with Crippen LogP contribution in [-0.2, 0) is 4.74 Å². The summed E-state index contributed by atoms with van der Waals surface area (Å²) < 4.78 is 5.18. The average molecular weight is 258 g/mol. The third-order valence-electron chi connectivity index (χ3n) is 4.18. The predicted molar refractivity (Wildman–Crippen MR) is 74.9 cm³/mol. The van der Waals surface area contributed by atoms with E-state index in [9.17, 15) is 5.11 Å². The van der Waals surface area contributed by atoms with Gasteiger partial charge in [0.05, 0.1) is 13.2 Å². The largest absolute Gasteiger partial charge is 0.394 e. The number of methoxy groups -OCH3 is 1. The van der Waals surface area contributed by atoms with E-state index in [1.54, 1.807) is 7.11 Å². The van der Waals surface area contributed by atoms with Gasteiger partial charge in [-0.15, -0.1) is 0 Å². The summed E-state index contributed by atoms with van der Waals surface area (Å²) in [4.78, 5) is 2.49. The maximum absolute atomic E-state index is 9.72. The first-order valence-electron chi connectivity index (χ1n) is 7.30. The fraction of sp³-hybridized carbons (Fsp3) is 1.00. The fourth-order valence-corrected chi connectivity index (χ4v) is 3.19. The lowest BCUT2D eigenvalue weighted by Gasteiger charge is -2.44. The van der Waals surface area contributed by atoms with Crippen molar-refractivity contribution in [3.63, 3.8) is 0 Å². The van der Waals surface area contributed by atoms with E-state index >= 15 is 0 Å². The molecule has 0 aliphatic heterocycles. The van der Waals surface area contributed by atoms with E-state index < -0.39 is 0 Å². The second-order valence-corrected chi connectivity index (χ2v) is 5.34. The van der Waals surface area contributed by atoms with Crippen molar-refractivity contribution in [3.8, 4) is 0 Å². The molecular weight excluding hydrogens is 228 g/mol. The van der Waals surface area contributed by atoms with Crippen molar-refractivity contribution in [1.29, 1.82) is 0 Å². The second-order valence-electron chi connectivity index (χ2n) is 5.34. The number of hydrogen-bond donors (Lipinski definition) is 2. The maximum Gasteiger partial charge on any atom is 0.0613 e. The van der Waals surface area contributed by atoms with E-state index in [1.807, 2.05) is 0 Å². The van der Waals surface area contributed by atoms with E-state index in [0.29, 0.717) is 6.04 Å². The van der Waals surface area contributed by atoms with E-state index in [-0.39, 0.29) is 12.1 Å². The summed E-state index contributed by atoms with van der Waals surface area (Å²) in [5.41, 5.74) is -0.0574. The molecule has 4 heteroatoms. The van der Waals surface area contributed by atoms with Gasteiger partial charge >= 0.3 is 0 Å². The molecule has 0 aromatic rings. The Morgan fingerprint density at radius 1 is 1.44 bits per heavy atom. The lowest BCUT2D eigenvalue weighted by Crippen LogP contribution is -2.56. The molecule has 1 rings (SSSR count). The Morgan fingerprint density at radius 2 is 2.22 bits per heavy atom. The number of likely N-dealkylation sites (N-methyl/N-ethyl adjacent to an activating group) is 2. The van der Waals surface area contributed by atoms with Crippen LogP contribution in [0.3, 0.4) is 0 Å². The number of rotatable bonds is 8. The summed E-state index contributed by atoms with van der Waals surface area (Å²) in [5, 5.41) is 13.2. The van der Waals surface area contributed by atoms with Crippen LogP contribution in [0.5, 0.6) is 0 Å². The minimum atomic E-state index is -0.0574. The highest BCUT2D eigenvalue weighted by atomic mass is 16.5. The number of ether oxygens (including phenoxy) is 1. The number of aliphatic hydroxyl groups excluding tert-OH is 1. The van der Waals surface area contributed by atoms with Crippen LogP contribution < -0.4 is 5.32 Å². The predicted octanol–water partition coefficient (Wildman–Crippen LogP) is 1.24. The molecular formula is C14H30N2O2. The number of aliphatic hydroxyl groups is 1. The van der Waals surface area contributed by atoms with Crippen molar-refractivity contribution in [2.45, 2.75) is 51.1 Å². The van der Waals surface area contributed by atoms with Crippen molar-refractivity contribution >= 4 is 0 Å². The highest BCUT2D eigenvalue weighted by Crippen LogP contribution is 2.31. The normalized spacial score (nSPS) is 28.8. The molecule has 108 valence electrons. The first kappa shape index (κ1) is 15.9. The van der Waals surface area contributed by atoms with Gasteiger partial charge in [-0.3, -0.25) is 4.90 Å². The SMILES string of the molecule is CCNC1(CO)CCCC(N(CC)CCOC)C1. The van der Waals surface area contributed by atoms with Gasteiger partial charge in [-0.25, -0.2) is 0 Å².